The van der Waals surface area contributed by atoms with Crippen molar-refractivity contribution < 1.29 is 34.6 Å². The number of carbonyl (C=O) groups is 2. The largest absolute Gasteiger partial charge is 0.478 e. The molecule has 0 fully saturated rings. The van der Waals surface area contributed by atoms with Crippen molar-refractivity contribution in [1.82, 2.24) is 10.8 Å². The van der Waals surface area contributed by atoms with Gasteiger partial charge in [0.15, 0.2) is 0 Å². The van der Waals surface area contributed by atoms with E-state index in [1.54, 1.807) is 13.0 Å². The molecule has 0 saturated heterocycles. The molecule has 0 heterocycles. The third kappa shape index (κ3) is 7.12. The van der Waals surface area contributed by atoms with E-state index in [4.69, 9.17) is 10.1 Å². The Balaban J connectivity index is 1.75. The van der Waals surface area contributed by atoms with E-state index in [0.717, 1.165) is 5.56 Å². The number of carboxylic acid groups (broad SMARTS) is 1. The molecule has 0 bridgehead atoms. The fourth-order valence-corrected chi connectivity index (χ4v) is 2.76. The topological polar surface area (TPSA) is 160 Å². The fraction of sp³-hybridized carbons (Fsp3) is 0.300. The quantitative estimate of drug-likeness (QED) is 0.170. The number of amides is 1. The highest BCUT2D eigenvalue weighted by Gasteiger charge is 2.16. The molecular weight excluding hydrogens is 410 g/mol. The highest BCUT2D eigenvalue weighted by molar-refractivity contribution is 6.04. The molecule has 0 aliphatic rings. The molecule has 2 aromatic rings. The van der Waals surface area contributed by atoms with E-state index in [0.29, 0.717) is 30.6 Å². The fourth-order valence-electron chi connectivity index (χ4n) is 2.76. The number of rotatable bonds is 12. The van der Waals surface area contributed by atoms with Crippen LogP contribution in [0.4, 0.5) is 5.69 Å². The Bertz CT molecular complexity index is 948. The molecule has 2 aromatic carbocycles. The van der Waals surface area contributed by atoms with E-state index in [2.05, 4.69) is 15.7 Å². The SMILES string of the molecule is Cc1ccc(C(=O)NCCCNOCc2ccc([N+](=O)[O-])cc2COO)c(C(=O)O)c1. The summed E-state index contributed by atoms with van der Waals surface area (Å²) in [5.41, 5.74) is 4.39. The van der Waals surface area contributed by atoms with Crippen molar-refractivity contribution in [3.8, 4) is 0 Å². The van der Waals surface area contributed by atoms with Gasteiger partial charge in [-0.2, -0.15) is 0 Å². The van der Waals surface area contributed by atoms with Crippen LogP contribution in [0.25, 0.3) is 0 Å². The summed E-state index contributed by atoms with van der Waals surface area (Å²) in [5, 5.41) is 31.4. The number of non-ortho nitro benzene ring substituents is 1. The third-order valence-electron chi connectivity index (χ3n) is 4.34. The minimum Gasteiger partial charge on any atom is -0.478 e. The zero-order valence-electron chi connectivity index (χ0n) is 16.8. The van der Waals surface area contributed by atoms with Crippen molar-refractivity contribution in [2.45, 2.75) is 26.6 Å². The number of nitro benzene ring substituents is 1. The minimum absolute atomic E-state index is 0.0512. The smallest absolute Gasteiger partial charge is 0.336 e. The highest BCUT2D eigenvalue weighted by atomic mass is 17.1. The van der Waals surface area contributed by atoms with Crippen LogP contribution < -0.4 is 10.8 Å². The second-order valence-electron chi connectivity index (χ2n) is 6.63. The Kier molecular flexibility index (Phi) is 9.03. The van der Waals surface area contributed by atoms with Crippen LogP contribution in [0.2, 0.25) is 0 Å². The van der Waals surface area contributed by atoms with Gasteiger partial charge in [0.25, 0.3) is 11.6 Å². The van der Waals surface area contributed by atoms with E-state index in [-0.39, 0.29) is 30.0 Å². The molecule has 0 atom stereocenters. The number of hydrogen-bond acceptors (Lipinski definition) is 8. The van der Waals surface area contributed by atoms with Gasteiger partial charge in [0.1, 0.15) is 6.61 Å². The number of nitrogens with zero attached hydrogens (tertiary/aromatic N) is 1. The zero-order valence-corrected chi connectivity index (χ0v) is 16.8. The van der Waals surface area contributed by atoms with E-state index in [1.165, 1.54) is 30.3 Å². The van der Waals surface area contributed by atoms with Crippen molar-refractivity contribution in [2.75, 3.05) is 13.1 Å². The van der Waals surface area contributed by atoms with Gasteiger partial charge < -0.3 is 10.4 Å². The van der Waals surface area contributed by atoms with Crippen LogP contribution in [-0.4, -0.2) is 40.3 Å². The number of nitrogens with one attached hydrogen (secondary N) is 2. The second kappa shape index (κ2) is 11.7. The average molecular weight is 433 g/mol. The Labute approximate surface area is 177 Å². The lowest BCUT2D eigenvalue weighted by atomic mass is 10.0. The standard InChI is InChI=1S/C20H23N3O8/c1-13-3-6-17(18(9-13)20(25)26)19(24)21-7-2-8-22-30-11-14-4-5-16(23(27)28)10-15(14)12-31-29/h3-6,9-10,22,29H,2,7-8,11-12H2,1H3,(H,21,24)(H,25,26). The molecule has 0 unspecified atom stereocenters. The van der Waals surface area contributed by atoms with E-state index in [9.17, 15) is 24.8 Å². The summed E-state index contributed by atoms with van der Waals surface area (Å²) in [5.74, 6) is -1.64. The maximum Gasteiger partial charge on any atom is 0.336 e. The van der Waals surface area contributed by atoms with Crippen molar-refractivity contribution in [1.29, 1.82) is 0 Å². The second-order valence-corrected chi connectivity index (χ2v) is 6.63. The molecule has 0 aliphatic heterocycles. The first kappa shape index (κ1) is 23.9. The van der Waals surface area contributed by atoms with Crippen LogP contribution in [0.1, 0.15) is 43.8 Å². The summed E-state index contributed by atoms with van der Waals surface area (Å²) < 4.78 is 0. The monoisotopic (exact) mass is 433 g/mol. The maximum absolute atomic E-state index is 12.2. The van der Waals surface area contributed by atoms with Gasteiger partial charge in [-0.05, 0) is 42.7 Å². The predicted octanol–water partition coefficient (Wildman–Crippen LogP) is 2.43. The number of carboxylic acids is 1. The molecular formula is C20H23N3O8. The third-order valence-corrected chi connectivity index (χ3v) is 4.34. The van der Waals surface area contributed by atoms with Gasteiger partial charge in [0, 0.05) is 25.2 Å². The first-order valence-electron chi connectivity index (χ1n) is 9.32. The molecule has 2 rings (SSSR count). The van der Waals surface area contributed by atoms with Crippen molar-refractivity contribution in [3.63, 3.8) is 0 Å². The zero-order chi connectivity index (χ0) is 22.8. The summed E-state index contributed by atoms with van der Waals surface area (Å²) in [6, 6.07) is 8.72. The van der Waals surface area contributed by atoms with Gasteiger partial charge in [-0.25, -0.2) is 15.2 Å². The van der Waals surface area contributed by atoms with Crippen molar-refractivity contribution in [2.24, 2.45) is 0 Å². The molecule has 166 valence electrons. The van der Waals surface area contributed by atoms with Crippen LogP contribution in [-0.2, 0) is 22.9 Å². The summed E-state index contributed by atoms with van der Waals surface area (Å²) in [4.78, 5) is 43.2. The molecule has 4 N–H and O–H groups in total. The summed E-state index contributed by atoms with van der Waals surface area (Å²) >= 11 is 0. The Morgan fingerprint density at radius 1 is 1.06 bits per heavy atom. The van der Waals surface area contributed by atoms with Crippen LogP contribution in [0.15, 0.2) is 36.4 Å². The Morgan fingerprint density at radius 3 is 2.52 bits per heavy atom. The summed E-state index contributed by atoms with van der Waals surface area (Å²) in [6.07, 6.45) is 0.507. The van der Waals surface area contributed by atoms with Crippen molar-refractivity contribution >= 4 is 17.6 Å². The van der Waals surface area contributed by atoms with Gasteiger partial charge in [-0.1, -0.05) is 11.6 Å². The number of aryl methyl sites for hydroxylation is 1. The van der Waals surface area contributed by atoms with Crippen LogP contribution in [0.3, 0.4) is 0 Å². The normalized spacial score (nSPS) is 10.6. The van der Waals surface area contributed by atoms with Gasteiger partial charge >= 0.3 is 5.97 Å². The lowest BCUT2D eigenvalue weighted by Crippen LogP contribution is -2.28. The van der Waals surface area contributed by atoms with Crippen LogP contribution in [0, 0.1) is 17.0 Å². The summed E-state index contributed by atoms with van der Waals surface area (Å²) in [6.45, 7) is 2.29. The van der Waals surface area contributed by atoms with Crippen LogP contribution in [0.5, 0.6) is 0 Å². The molecule has 0 aliphatic carbocycles. The highest BCUT2D eigenvalue weighted by Crippen LogP contribution is 2.19. The van der Waals surface area contributed by atoms with E-state index >= 15 is 0 Å². The Hall–Kier alpha value is -3.38. The average Bonchev–Trinajstić information content (AvgIpc) is 2.73. The summed E-state index contributed by atoms with van der Waals surface area (Å²) in [7, 11) is 0. The number of carbonyl (C=O) groups excluding carboxylic acids is 1. The minimum atomic E-state index is -1.17. The number of hydrogen-bond donors (Lipinski definition) is 4. The van der Waals surface area contributed by atoms with Crippen LogP contribution >= 0.6 is 0 Å². The lowest BCUT2D eigenvalue weighted by molar-refractivity contribution is -0.385. The maximum atomic E-state index is 12.2. The lowest BCUT2D eigenvalue weighted by Gasteiger charge is -2.11. The van der Waals surface area contributed by atoms with Gasteiger partial charge in [0.05, 0.1) is 22.7 Å². The molecule has 0 saturated carbocycles. The van der Waals surface area contributed by atoms with Gasteiger partial charge in [0.2, 0.25) is 0 Å². The molecule has 0 radical (unpaired) electrons. The first-order valence-corrected chi connectivity index (χ1v) is 9.32. The molecule has 11 nitrogen and oxygen atoms in total. The molecule has 31 heavy (non-hydrogen) atoms. The number of benzene rings is 2. The first-order chi connectivity index (χ1) is 14.8. The van der Waals surface area contributed by atoms with Gasteiger partial charge in [-0.15, -0.1) is 0 Å². The Morgan fingerprint density at radius 2 is 1.84 bits per heavy atom. The number of hydroxylamine groups is 1. The molecule has 0 spiro atoms. The number of aromatic carboxylic acids is 1. The van der Waals surface area contributed by atoms with E-state index in [1.807, 2.05) is 0 Å². The number of nitro groups is 1. The predicted molar refractivity (Wildman–Crippen MR) is 108 cm³/mol. The van der Waals surface area contributed by atoms with Crippen molar-refractivity contribution in [3.05, 3.63) is 74.3 Å². The molecule has 1 amide bonds. The molecule has 11 heteroatoms. The molecule has 0 aromatic heterocycles. The van der Waals surface area contributed by atoms with E-state index < -0.39 is 16.8 Å². The van der Waals surface area contributed by atoms with Gasteiger partial charge in [-0.3, -0.25) is 25.0 Å².